The number of nitrogens with zero attached hydrogens (tertiary/aromatic N) is 1. The highest BCUT2D eigenvalue weighted by Gasteiger charge is 2.25. The van der Waals surface area contributed by atoms with Gasteiger partial charge in [0, 0.05) is 17.6 Å². The number of carboxylic acid groups (broad SMARTS) is 1. The number of aliphatic hydroxyl groups excluding tert-OH is 1. The van der Waals surface area contributed by atoms with Crippen molar-refractivity contribution in [1.82, 2.24) is 4.57 Å². The lowest BCUT2D eigenvalue weighted by atomic mass is 9.84. The second-order valence-electron chi connectivity index (χ2n) is 7.52. The van der Waals surface area contributed by atoms with E-state index in [2.05, 4.69) is 39.2 Å². The van der Waals surface area contributed by atoms with Gasteiger partial charge in [0.1, 0.15) is 0 Å². The molecule has 0 amide bonds. The van der Waals surface area contributed by atoms with Crippen LogP contribution in [0.5, 0.6) is 0 Å². The summed E-state index contributed by atoms with van der Waals surface area (Å²) in [7, 11) is 0. The van der Waals surface area contributed by atoms with Gasteiger partial charge in [-0.15, -0.1) is 0 Å². The first kappa shape index (κ1) is 18.5. The van der Waals surface area contributed by atoms with Crippen LogP contribution in [0.3, 0.4) is 0 Å². The van der Waals surface area contributed by atoms with E-state index >= 15 is 0 Å². The summed E-state index contributed by atoms with van der Waals surface area (Å²) in [5.41, 5.74) is 4.62. The van der Waals surface area contributed by atoms with Gasteiger partial charge in [-0.2, -0.15) is 0 Å². The predicted molar refractivity (Wildman–Crippen MR) is 98.0 cm³/mol. The van der Waals surface area contributed by atoms with Crippen LogP contribution < -0.4 is 0 Å². The van der Waals surface area contributed by atoms with Crippen LogP contribution in [-0.2, 0) is 18.4 Å². The first-order valence-corrected chi connectivity index (χ1v) is 8.72. The Morgan fingerprint density at radius 2 is 1.92 bits per heavy atom. The summed E-state index contributed by atoms with van der Waals surface area (Å²) < 4.78 is 2.16. The van der Waals surface area contributed by atoms with Crippen LogP contribution >= 0.6 is 0 Å². The van der Waals surface area contributed by atoms with E-state index in [4.69, 9.17) is 0 Å². The SMILES string of the molecule is CCCCc1c(C)n(CCO)c2c(C(C)(C)C)cc(C(=O)O)cc12. The summed E-state index contributed by atoms with van der Waals surface area (Å²) in [6, 6.07) is 3.60. The first-order chi connectivity index (χ1) is 11.2. The zero-order valence-corrected chi connectivity index (χ0v) is 15.4. The maximum absolute atomic E-state index is 11.6. The summed E-state index contributed by atoms with van der Waals surface area (Å²) in [6.07, 6.45) is 3.10. The topological polar surface area (TPSA) is 62.5 Å². The Morgan fingerprint density at radius 3 is 2.42 bits per heavy atom. The lowest BCUT2D eigenvalue weighted by Crippen LogP contribution is -2.16. The van der Waals surface area contributed by atoms with Crippen molar-refractivity contribution in [2.75, 3.05) is 6.61 Å². The number of unbranched alkanes of at least 4 members (excludes halogenated alkanes) is 1. The number of hydrogen-bond acceptors (Lipinski definition) is 2. The monoisotopic (exact) mass is 331 g/mol. The Kier molecular flexibility index (Phi) is 5.38. The average molecular weight is 331 g/mol. The number of carboxylic acids is 1. The molecule has 1 aromatic heterocycles. The fourth-order valence-corrected chi connectivity index (χ4v) is 3.42. The minimum atomic E-state index is -0.892. The Hall–Kier alpha value is -1.81. The standard InChI is InChI=1S/C20H29NO3/c1-6-7-8-15-13(2)21(9-10-22)18-16(15)11-14(19(23)24)12-17(18)20(3,4)5/h11-12,22H,6-10H2,1-5H3,(H,23,24). The van der Waals surface area contributed by atoms with Crippen LogP contribution in [-0.4, -0.2) is 27.4 Å². The van der Waals surface area contributed by atoms with Crippen molar-refractivity contribution in [3.63, 3.8) is 0 Å². The highest BCUT2D eigenvalue weighted by Crippen LogP contribution is 2.36. The van der Waals surface area contributed by atoms with E-state index in [1.807, 2.05) is 0 Å². The van der Waals surface area contributed by atoms with Crippen LogP contribution in [0, 0.1) is 6.92 Å². The third-order valence-electron chi connectivity index (χ3n) is 4.71. The van der Waals surface area contributed by atoms with E-state index in [0.29, 0.717) is 12.1 Å². The molecule has 0 atom stereocenters. The molecule has 4 nitrogen and oxygen atoms in total. The molecule has 1 heterocycles. The molecule has 1 aromatic carbocycles. The number of fused-ring (bicyclic) bond motifs is 1. The van der Waals surface area contributed by atoms with E-state index in [1.165, 1.54) is 5.56 Å². The number of benzene rings is 1. The summed E-state index contributed by atoms with van der Waals surface area (Å²) in [6.45, 7) is 11.1. The molecular formula is C20H29NO3. The largest absolute Gasteiger partial charge is 0.478 e. The van der Waals surface area contributed by atoms with Gasteiger partial charge < -0.3 is 14.8 Å². The van der Waals surface area contributed by atoms with Gasteiger partial charge in [0.25, 0.3) is 0 Å². The number of carbonyl (C=O) groups is 1. The number of aliphatic hydroxyl groups is 1. The van der Waals surface area contributed by atoms with Crippen LogP contribution in [0.15, 0.2) is 12.1 Å². The van der Waals surface area contributed by atoms with Crippen LogP contribution in [0.1, 0.15) is 67.7 Å². The van der Waals surface area contributed by atoms with Gasteiger partial charge in [-0.1, -0.05) is 34.1 Å². The Morgan fingerprint density at radius 1 is 1.25 bits per heavy atom. The molecule has 2 aromatic rings. The fraction of sp³-hybridized carbons (Fsp3) is 0.550. The van der Waals surface area contributed by atoms with Gasteiger partial charge in [-0.05, 0) is 48.4 Å². The number of aromatic nitrogens is 1. The Bertz CT molecular complexity index is 751. The molecule has 2 N–H and O–H groups in total. The van der Waals surface area contributed by atoms with Gasteiger partial charge in [-0.25, -0.2) is 4.79 Å². The summed E-state index contributed by atoms with van der Waals surface area (Å²) >= 11 is 0. The predicted octanol–water partition coefficient (Wildman–Crippen LogP) is 4.28. The summed E-state index contributed by atoms with van der Waals surface area (Å²) in [5.74, 6) is -0.892. The lowest BCUT2D eigenvalue weighted by molar-refractivity contribution is 0.0697. The van der Waals surface area contributed by atoms with Gasteiger partial charge in [-0.3, -0.25) is 0 Å². The fourth-order valence-electron chi connectivity index (χ4n) is 3.42. The zero-order chi connectivity index (χ0) is 18.1. The normalized spacial score (nSPS) is 12.1. The molecule has 0 aliphatic carbocycles. The third kappa shape index (κ3) is 3.34. The van der Waals surface area contributed by atoms with Crippen molar-refractivity contribution in [2.45, 2.75) is 65.8 Å². The second kappa shape index (κ2) is 6.98. The van der Waals surface area contributed by atoms with Crippen molar-refractivity contribution in [3.05, 3.63) is 34.5 Å². The number of aromatic carboxylic acids is 1. The molecule has 4 heteroatoms. The molecule has 24 heavy (non-hydrogen) atoms. The van der Waals surface area contributed by atoms with Gasteiger partial charge >= 0.3 is 5.97 Å². The summed E-state index contributed by atoms with van der Waals surface area (Å²) in [4.78, 5) is 11.6. The quantitative estimate of drug-likeness (QED) is 0.830. The molecule has 0 aliphatic heterocycles. The van der Waals surface area contributed by atoms with E-state index in [1.54, 1.807) is 12.1 Å². The van der Waals surface area contributed by atoms with E-state index in [-0.39, 0.29) is 12.0 Å². The van der Waals surface area contributed by atoms with E-state index in [0.717, 1.165) is 41.4 Å². The second-order valence-corrected chi connectivity index (χ2v) is 7.52. The minimum absolute atomic E-state index is 0.0715. The maximum Gasteiger partial charge on any atom is 0.335 e. The minimum Gasteiger partial charge on any atom is -0.478 e. The van der Waals surface area contributed by atoms with Crippen LogP contribution in [0.2, 0.25) is 0 Å². The molecule has 0 unspecified atom stereocenters. The van der Waals surface area contributed by atoms with Crippen molar-refractivity contribution < 1.29 is 15.0 Å². The van der Waals surface area contributed by atoms with E-state index in [9.17, 15) is 15.0 Å². The Balaban J connectivity index is 2.90. The van der Waals surface area contributed by atoms with Crippen molar-refractivity contribution in [1.29, 1.82) is 0 Å². The third-order valence-corrected chi connectivity index (χ3v) is 4.71. The molecule has 0 radical (unpaired) electrons. The molecule has 0 saturated carbocycles. The lowest BCUT2D eigenvalue weighted by Gasteiger charge is -2.23. The molecule has 0 bridgehead atoms. The van der Waals surface area contributed by atoms with E-state index < -0.39 is 5.97 Å². The van der Waals surface area contributed by atoms with Crippen LogP contribution in [0.25, 0.3) is 10.9 Å². The smallest absolute Gasteiger partial charge is 0.335 e. The molecule has 0 spiro atoms. The maximum atomic E-state index is 11.6. The molecule has 132 valence electrons. The van der Waals surface area contributed by atoms with Gasteiger partial charge in [0.2, 0.25) is 0 Å². The van der Waals surface area contributed by atoms with Crippen molar-refractivity contribution in [2.24, 2.45) is 0 Å². The molecule has 0 saturated heterocycles. The number of rotatable bonds is 6. The van der Waals surface area contributed by atoms with Gasteiger partial charge in [0.05, 0.1) is 17.7 Å². The van der Waals surface area contributed by atoms with Crippen molar-refractivity contribution in [3.8, 4) is 0 Å². The molecule has 0 aliphatic rings. The number of hydrogen-bond donors (Lipinski definition) is 2. The van der Waals surface area contributed by atoms with Crippen molar-refractivity contribution >= 4 is 16.9 Å². The molecular weight excluding hydrogens is 302 g/mol. The summed E-state index contributed by atoms with van der Waals surface area (Å²) in [5, 5.41) is 20.1. The highest BCUT2D eigenvalue weighted by atomic mass is 16.4. The highest BCUT2D eigenvalue weighted by molar-refractivity contribution is 5.97. The zero-order valence-electron chi connectivity index (χ0n) is 15.4. The first-order valence-electron chi connectivity index (χ1n) is 8.72. The average Bonchev–Trinajstić information content (AvgIpc) is 2.76. The Labute approximate surface area is 144 Å². The molecule has 0 fully saturated rings. The number of aryl methyl sites for hydroxylation is 1. The van der Waals surface area contributed by atoms with Crippen LogP contribution in [0.4, 0.5) is 0 Å². The molecule has 2 rings (SSSR count). The van der Waals surface area contributed by atoms with Gasteiger partial charge in [0.15, 0.2) is 0 Å².